The number of esters is 1. The molecule has 0 saturated carbocycles. The van der Waals surface area contributed by atoms with Crippen LogP contribution >= 0.6 is 0 Å². The van der Waals surface area contributed by atoms with Crippen molar-refractivity contribution in [3.05, 3.63) is 90.3 Å². The zero-order valence-corrected chi connectivity index (χ0v) is 17.4. The highest BCUT2D eigenvalue weighted by Crippen LogP contribution is 2.31. The lowest BCUT2D eigenvalue weighted by atomic mass is 9.97. The minimum Gasteiger partial charge on any atom is -0.491 e. The Hall–Kier alpha value is -3.44. The number of aliphatic hydroxyl groups is 1. The highest BCUT2D eigenvalue weighted by molar-refractivity contribution is 5.86. The molecule has 0 aliphatic heterocycles. The van der Waals surface area contributed by atoms with Gasteiger partial charge >= 0.3 is 5.97 Å². The van der Waals surface area contributed by atoms with Gasteiger partial charge in [-0.2, -0.15) is 0 Å². The molecule has 3 rings (SSSR count). The topological polar surface area (TPSA) is 55.8 Å². The standard InChI is InChI=1S/C26H25FO4/c1-18(2)26(29)31-14-12-22-16-21(9-11-25(22)30-15-13-28)23-10-8-20(17-24(23)27)19-6-4-3-5-7-19/h3-11,16-17,28H,1,12-15H2,2H3. The minimum atomic E-state index is -0.462. The first-order valence-corrected chi connectivity index (χ1v) is 10.0. The van der Waals surface area contributed by atoms with Crippen molar-refractivity contribution in [1.82, 2.24) is 0 Å². The van der Waals surface area contributed by atoms with E-state index in [2.05, 4.69) is 6.58 Å². The lowest BCUT2D eigenvalue weighted by molar-refractivity contribution is -0.138. The van der Waals surface area contributed by atoms with E-state index in [-0.39, 0.29) is 25.6 Å². The fraction of sp³-hybridized carbons (Fsp3) is 0.192. The number of hydrogen-bond acceptors (Lipinski definition) is 4. The van der Waals surface area contributed by atoms with E-state index in [0.717, 1.165) is 16.7 Å². The number of ether oxygens (including phenoxy) is 2. The SMILES string of the molecule is C=C(C)C(=O)OCCc1cc(-c2ccc(-c3ccccc3)cc2F)ccc1OCCO. The summed E-state index contributed by atoms with van der Waals surface area (Å²) in [6.45, 7) is 5.30. The lowest BCUT2D eigenvalue weighted by Gasteiger charge is -2.14. The molecule has 0 atom stereocenters. The van der Waals surface area contributed by atoms with Gasteiger partial charge in [-0.25, -0.2) is 9.18 Å². The molecular formula is C26H25FO4. The smallest absolute Gasteiger partial charge is 0.333 e. The van der Waals surface area contributed by atoms with Gasteiger partial charge in [-0.3, -0.25) is 0 Å². The van der Waals surface area contributed by atoms with Crippen molar-refractivity contribution in [2.45, 2.75) is 13.3 Å². The maximum Gasteiger partial charge on any atom is 0.333 e. The van der Waals surface area contributed by atoms with E-state index in [1.54, 1.807) is 25.1 Å². The number of halogens is 1. The van der Waals surface area contributed by atoms with Crippen LogP contribution in [-0.4, -0.2) is 30.9 Å². The summed E-state index contributed by atoms with van der Waals surface area (Å²) in [5.41, 5.74) is 3.98. The number of carbonyl (C=O) groups excluding carboxylic acids is 1. The van der Waals surface area contributed by atoms with Gasteiger partial charge in [0.1, 0.15) is 18.2 Å². The van der Waals surface area contributed by atoms with E-state index in [9.17, 15) is 9.18 Å². The molecule has 160 valence electrons. The summed E-state index contributed by atoms with van der Waals surface area (Å²) >= 11 is 0. The van der Waals surface area contributed by atoms with Crippen molar-refractivity contribution in [3.8, 4) is 28.0 Å². The molecule has 0 aromatic heterocycles. The molecule has 1 N–H and O–H groups in total. The summed E-state index contributed by atoms with van der Waals surface area (Å²) in [5.74, 6) is -0.230. The predicted molar refractivity (Wildman–Crippen MR) is 119 cm³/mol. The number of hydrogen-bond donors (Lipinski definition) is 1. The van der Waals surface area contributed by atoms with E-state index >= 15 is 0 Å². The van der Waals surface area contributed by atoms with Crippen molar-refractivity contribution in [3.63, 3.8) is 0 Å². The lowest BCUT2D eigenvalue weighted by Crippen LogP contribution is -2.10. The molecule has 0 saturated heterocycles. The Morgan fingerprint density at radius 3 is 2.39 bits per heavy atom. The van der Waals surface area contributed by atoms with Crippen LogP contribution in [0.1, 0.15) is 12.5 Å². The second-order valence-corrected chi connectivity index (χ2v) is 7.12. The summed E-state index contributed by atoms with van der Waals surface area (Å²) in [6, 6.07) is 20.1. The first-order valence-electron chi connectivity index (χ1n) is 10.0. The zero-order chi connectivity index (χ0) is 22.2. The molecule has 3 aromatic rings. The molecule has 5 heteroatoms. The minimum absolute atomic E-state index is 0.124. The van der Waals surface area contributed by atoms with Crippen LogP contribution in [0.3, 0.4) is 0 Å². The van der Waals surface area contributed by atoms with E-state index in [1.807, 2.05) is 42.5 Å². The van der Waals surface area contributed by atoms with Gasteiger partial charge in [-0.1, -0.05) is 55.1 Å². The Morgan fingerprint density at radius 2 is 1.71 bits per heavy atom. The Kier molecular flexibility index (Phi) is 7.57. The quantitative estimate of drug-likeness (QED) is 0.382. The third-order valence-electron chi connectivity index (χ3n) is 4.75. The van der Waals surface area contributed by atoms with Crippen LogP contribution in [0.25, 0.3) is 22.3 Å². The molecule has 0 fully saturated rings. The van der Waals surface area contributed by atoms with Gasteiger partial charge in [0.25, 0.3) is 0 Å². The highest BCUT2D eigenvalue weighted by Gasteiger charge is 2.12. The van der Waals surface area contributed by atoms with Crippen molar-refractivity contribution in [2.75, 3.05) is 19.8 Å². The fourth-order valence-corrected chi connectivity index (χ4v) is 3.18. The molecule has 0 aliphatic rings. The van der Waals surface area contributed by atoms with Gasteiger partial charge in [0, 0.05) is 17.6 Å². The Morgan fingerprint density at radius 1 is 0.968 bits per heavy atom. The van der Waals surface area contributed by atoms with Gasteiger partial charge < -0.3 is 14.6 Å². The average Bonchev–Trinajstić information content (AvgIpc) is 2.78. The van der Waals surface area contributed by atoms with Crippen LogP contribution in [-0.2, 0) is 16.0 Å². The van der Waals surface area contributed by atoms with Gasteiger partial charge in [-0.05, 0) is 47.4 Å². The van der Waals surface area contributed by atoms with Crippen molar-refractivity contribution in [2.24, 2.45) is 0 Å². The van der Waals surface area contributed by atoms with Gasteiger partial charge in [0.2, 0.25) is 0 Å². The largest absolute Gasteiger partial charge is 0.491 e. The third-order valence-corrected chi connectivity index (χ3v) is 4.75. The van der Waals surface area contributed by atoms with E-state index < -0.39 is 5.97 Å². The molecule has 0 amide bonds. The summed E-state index contributed by atoms with van der Waals surface area (Å²) in [7, 11) is 0. The summed E-state index contributed by atoms with van der Waals surface area (Å²) in [6.07, 6.45) is 0.386. The highest BCUT2D eigenvalue weighted by atomic mass is 19.1. The number of benzene rings is 3. The molecule has 0 bridgehead atoms. The Labute approximate surface area is 181 Å². The maximum atomic E-state index is 15.0. The molecule has 3 aromatic carbocycles. The molecule has 31 heavy (non-hydrogen) atoms. The molecule has 0 heterocycles. The first-order chi connectivity index (χ1) is 15.0. The van der Waals surface area contributed by atoms with E-state index in [4.69, 9.17) is 14.6 Å². The molecular weight excluding hydrogens is 395 g/mol. The molecule has 4 nitrogen and oxygen atoms in total. The van der Waals surface area contributed by atoms with Crippen LogP contribution < -0.4 is 4.74 Å². The normalized spacial score (nSPS) is 10.5. The first kappa shape index (κ1) is 22.2. The van der Waals surface area contributed by atoms with Crippen LogP contribution in [0.15, 0.2) is 78.9 Å². The van der Waals surface area contributed by atoms with Crippen LogP contribution in [0.4, 0.5) is 4.39 Å². The van der Waals surface area contributed by atoms with Crippen molar-refractivity contribution in [1.29, 1.82) is 0 Å². The molecule has 0 unspecified atom stereocenters. The van der Waals surface area contributed by atoms with Crippen LogP contribution in [0.5, 0.6) is 5.75 Å². The van der Waals surface area contributed by atoms with Gasteiger partial charge in [0.05, 0.1) is 13.2 Å². The van der Waals surface area contributed by atoms with Crippen molar-refractivity contribution >= 4 is 5.97 Å². The number of rotatable bonds is 9. The average molecular weight is 420 g/mol. The van der Waals surface area contributed by atoms with Crippen molar-refractivity contribution < 1.29 is 23.8 Å². The van der Waals surface area contributed by atoms with Gasteiger partial charge in [0.15, 0.2) is 0 Å². The van der Waals surface area contributed by atoms with Gasteiger partial charge in [-0.15, -0.1) is 0 Å². The number of carbonyl (C=O) groups is 1. The molecule has 0 radical (unpaired) electrons. The Bertz CT molecular complexity index is 1060. The summed E-state index contributed by atoms with van der Waals surface area (Å²) < 4.78 is 25.7. The maximum absolute atomic E-state index is 15.0. The molecule has 0 spiro atoms. The second kappa shape index (κ2) is 10.5. The Balaban J connectivity index is 1.86. The van der Waals surface area contributed by atoms with Crippen LogP contribution in [0, 0.1) is 5.82 Å². The third kappa shape index (κ3) is 5.80. The van der Waals surface area contributed by atoms with Crippen LogP contribution in [0.2, 0.25) is 0 Å². The number of aliphatic hydroxyl groups excluding tert-OH is 1. The summed E-state index contributed by atoms with van der Waals surface area (Å²) in [5, 5.41) is 9.06. The van der Waals surface area contributed by atoms with E-state index in [0.29, 0.717) is 28.9 Å². The second-order valence-electron chi connectivity index (χ2n) is 7.12. The predicted octanol–water partition coefficient (Wildman–Crippen LogP) is 5.19. The summed E-state index contributed by atoms with van der Waals surface area (Å²) in [4.78, 5) is 11.6. The molecule has 0 aliphatic carbocycles. The zero-order valence-electron chi connectivity index (χ0n) is 17.4. The van der Waals surface area contributed by atoms with E-state index in [1.165, 1.54) is 6.07 Å². The fourth-order valence-electron chi connectivity index (χ4n) is 3.18. The monoisotopic (exact) mass is 420 g/mol.